The summed E-state index contributed by atoms with van der Waals surface area (Å²) in [6, 6.07) is 18.2. The monoisotopic (exact) mass is 313 g/mol. The fraction of sp³-hybridized carbons (Fsp3) is 0.222. The van der Waals surface area contributed by atoms with E-state index in [0.29, 0.717) is 12.3 Å². The molecule has 0 fully saturated rings. The molecule has 0 aliphatic heterocycles. The number of furan rings is 1. The first-order valence-electron chi connectivity index (χ1n) is 7.27. The molecule has 0 aliphatic carbocycles. The van der Waals surface area contributed by atoms with Gasteiger partial charge in [-0.15, -0.1) is 0 Å². The first-order valence-corrected chi connectivity index (χ1v) is 9.00. The van der Waals surface area contributed by atoms with Gasteiger partial charge in [-0.2, -0.15) is 0 Å². The molecule has 1 N–H and O–H groups in total. The molecule has 0 amide bonds. The number of nitrogens with one attached hydrogen (secondary N) is 1. The maximum absolute atomic E-state index is 11.7. The van der Waals surface area contributed by atoms with E-state index in [1.54, 1.807) is 12.5 Å². The molecule has 0 saturated carbocycles. The van der Waals surface area contributed by atoms with Gasteiger partial charge in [0.05, 0.1) is 6.26 Å². The summed E-state index contributed by atoms with van der Waals surface area (Å²) in [6.07, 6.45) is 3.54. The molecule has 3 nitrogen and oxygen atoms in total. The lowest BCUT2D eigenvalue weighted by Crippen LogP contribution is -2.25. The summed E-state index contributed by atoms with van der Waals surface area (Å²) < 4.78 is 17.2. The quantitative estimate of drug-likeness (QED) is 0.755. The maximum atomic E-state index is 11.7. The van der Waals surface area contributed by atoms with Crippen LogP contribution in [0.3, 0.4) is 0 Å². The van der Waals surface area contributed by atoms with Crippen LogP contribution >= 0.6 is 0 Å². The lowest BCUT2D eigenvalue weighted by atomic mass is 10.1. The fourth-order valence-corrected chi connectivity index (χ4v) is 3.38. The van der Waals surface area contributed by atoms with Crippen molar-refractivity contribution in [2.75, 3.05) is 12.0 Å². The van der Waals surface area contributed by atoms with Gasteiger partial charge < -0.3 is 9.73 Å². The van der Waals surface area contributed by atoms with Crippen LogP contribution in [-0.2, 0) is 17.3 Å². The molecule has 2 atom stereocenters. The van der Waals surface area contributed by atoms with Gasteiger partial charge in [0.1, 0.15) is 5.58 Å². The van der Waals surface area contributed by atoms with E-state index in [1.807, 2.05) is 36.4 Å². The molecule has 114 valence electrons. The SMILES string of the molecule is C[S@@](=O)C[C@@H](NCc1coc2ccccc12)c1ccccc1. The Morgan fingerprint density at radius 1 is 1.09 bits per heavy atom. The number of hydrogen-bond acceptors (Lipinski definition) is 3. The molecule has 22 heavy (non-hydrogen) atoms. The number of para-hydroxylation sites is 1. The number of rotatable bonds is 6. The van der Waals surface area contributed by atoms with E-state index in [2.05, 4.69) is 23.5 Å². The second-order valence-electron chi connectivity index (χ2n) is 5.34. The predicted molar refractivity (Wildman–Crippen MR) is 91.2 cm³/mol. The highest BCUT2D eigenvalue weighted by Gasteiger charge is 2.14. The Balaban J connectivity index is 1.78. The lowest BCUT2D eigenvalue weighted by molar-refractivity contribution is 0.562. The highest BCUT2D eigenvalue weighted by atomic mass is 32.2. The van der Waals surface area contributed by atoms with E-state index in [4.69, 9.17) is 4.42 Å². The average molecular weight is 313 g/mol. The molecule has 0 bridgehead atoms. The van der Waals surface area contributed by atoms with Crippen LogP contribution in [0, 0.1) is 0 Å². The summed E-state index contributed by atoms with van der Waals surface area (Å²) in [7, 11) is -0.857. The summed E-state index contributed by atoms with van der Waals surface area (Å²) in [4.78, 5) is 0. The van der Waals surface area contributed by atoms with Crippen LogP contribution in [0.15, 0.2) is 65.3 Å². The zero-order chi connectivity index (χ0) is 15.4. The molecular weight excluding hydrogens is 294 g/mol. The van der Waals surface area contributed by atoms with Crippen LogP contribution in [0.1, 0.15) is 17.2 Å². The van der Waals surface area contributed by atoms with Crippen molar-refractivity contribution in [2.45, 2.75) is 12.6 Å². The second kappa shape index (κ2) is 6.90. The average Bonchev–Trinajstić information content (AvgIpc) is 2.95. The molecule has 0 unspecified atom stereocenters. The van der Waals surface area contributed by atoms with Crippen molar-refractivity contribution in [1.82, 2.24) is 5.32 Å². The molecule has 1 aromatic heterocycles. The van der Waals surface area contributed by atoms with Crippen LogP contribution in [0.4, 0.5) is 0 Å². The van der Waals surface area contributed by atoms with Gasteiger partial charge in [-0.1, -0.05) is 48.5 Å². The molecule has 2 aromatic carbocycles. The van der Waals surface area contributed by atoms with Crippen molar-refractivity contribution in [1.29, 1.82) is 0 Å². The Labute approximate surface area is 132 Å². The highest BCUT2D eigenvalue weighted by Crippen LogP contribution is 2.22. The first-order chi connectivity index (χ1) is 10.7. The smallest absolute Gasteiger partial charge is 0.134 e. The van der Waals surface area contributed by atoms with Gasteiger partial charge in [0.15, 0.2) is 0 Å². The van der Waals surface area contributed by atoms with E-state index in [0.717, 1.165) is 22.1 Å². The van der Waals surface area contributed by atoms with E-state index >= 15 is 0 Å². The molecule has 3 rings (SSSR count). The van der Waals surface area contributed by atoms with Crippen LogP contribution in [0.25, 0.3) is 11.0 Å². The minimum atomic E-state index is -0.857. The van der Waals surface area contributed by atoms with Crippen LogP contribution < -0.4 is 5.32 Å². The molecule has 4 heteroatoms. The van der Waals surface area contributed by atoms with Crippen LogP contribution in [0.5, 0.6) is 0 Å². The van der Waals surface area contributed by atoms with Crippen LogP contribution in [-0.4, -0.2) is 16.2 Å². The molecule has 0 saturated heterocycles. The van der Waals surface area contributed by atoms with Crippen molar-refractivity contribution in [2.24, 2.45) is 0 Å². The van der Waals surface area contributed by atoms with Gasteiger partial charge in [-0.3, -0.25) is 4.21 Å². The molecule has 0 spiro atoms. The van der Waals surface area contributed by atoms with Gasteiger partial charge in [0, 0.05) is 46.3 Å². The van der Waals surface area contributed by atoms with E-state index in [9.17, 15) is 4.21 Å². The van der Waals surface area contributed by atoms with Gasteiger partial charge in [-0.05, 0) is 11.6 Å². The number of benzene rings is 2. The van der Waals surface area contributed by atoms with Gasteiger partial charge in [0.2, 0.25) is 0 Å². The Morgan fingerprint density at radius 3 is 2.59 bits per heavy atom. The third kappa shape index (κ3) is 3.46. The minimum Gasteiger partial charge on any atom is -0.464 e. The molecule has 0 aliphatic rings. The fourth-order valence-electron chi connectivity index (χ4n) is 2.60. The van der Waals surface area contributed by atoms with Gasteiger partial charge >= 0.3 is 0 Å². The van der Waals surface area contributed by atoms with Gasteiger partial charge in [-0.25, -0.2) is 0 Å². The molecule has 3 aromatic rings. The zero-order valence-electron chi connectivity index (χ0n) is 12.5. The topological polar surface area (TPSA) is 42.2 Å². The van der Waals surface area contributed by atoms with Crippen LogP contribution in [0.2, 0.25) is 0 Å². The second-order valence-corrected chi connectivity index (χ2v) is 6.82. The molecule has 1 heterocycles. The lowest BCUT2D eigenvalue weighted by Gasteiger charge is -2.18. The summed E-state index contributed by atoms with van der Waals surface area (Å²) in [5.41, 5.74) is 3.18. The summed E-state index contributed by atoms with van der Waals surface area (Å²) in [5.74, 6) is 0.597. The molecular formula is C18H19NO2S. The zero-order valence-corrected chi connectivity index (χ0v) is 13.3. The Hall–Kier alpha value is -1.91. The Kier molecular flexibility index (Phi) is 4.71. The summed E-state index contributed by atoms with van der Waals surface area (Å²) in [6.45, 7) is 0.688. The van der Waals surface area contributed by atoms with Crippen molar-refractivity contribution in [3.8, 4) is 0 Å². The summed E-state index contributed by atoms with van der Waals surface area (Å²) >= 11 is 0. The third-order valence-electron chi connectivity index (χ3n) is 3.70. The van der Waals surface area contributed by atoms with E-state index in [-0.39, 0.29) is 6.04 Å². The van der Waals surface area contributed by atoms with E-state index < -0.39 is 10.8 Å². The Bertz CT molecular complexity index is 767. The predicted octanol–water partition coefficient (Wildman–Crippen LogP) is 3.64. The van der Waals surface area contributed by atoms with Crippen molar-refractivity contribution in [3.05, 3.63) is 72.0 Å². The highest BCUT2D eigenvalue weighted by molar-refractivity contribution is 7.84. The number of fused-ring (bicyclic) bond motifs is 1. The van der Waals surface area contributed by atoms with Crippen molar-refractivity contribution >= 4 is 21.8 Å². The summed E-state index contributed by atoms with van der Waals surface area (Å²) in [5, 5.41) is 4.63. The molecule has 0 radical (unpaired) electrons. The normalized spacial score (nSPS) is 14.0. The first kappa shape index (κ1) is 15.0. The maximum Gasteiger partial charge on any atom is 0.134 e. The standard InChI is InChI=1S/C18H19NO2S/c1-22(20)13-17(14-7-3-2-4-8-14)19-11-15-12-21-18-10-6-5-9-16(15)18/h2-10,12,17,19H,11,13H2,1H3/t17-,22-/m1/s1. The minimum absolute atomic E-state index is 0.0701. The van der Waals surface area contributed by atoms with Crippen molar-refractivity contribution in [3.63, 3.8) is 0 Å². The van der Waals surface area contributed by atoms with Crippen molar-refractivity contribution < 1.29 is 8.63 Å². The largest absolute Gasteiger partial charge is 0.464 e. The van der Waals surface area contributed by atoms with E-state index in [1.165, 1.54) is 0 Å². The third-order valence-corrected chi connectivity index (χ3v) is 4.51. The Morgan fingerprint density at radius 2 is 1.82 bits per heavy atom. The van der Waals surface area contributed by atoms with Gasteiger partial charge in [0.25, 0.3) is 0 Å². The number of hydrogen-bond donors (Lipinski definition) is 1.